The Kier molecular flexibility index (Phi) is 6.13. The molecule has 0 aliphatic carbocycles. The van der Waals surface area contributed by atoms with E-state index in [1.165, 1.54) is 38.5 Å². The summed E-state index contributed by atoms with van der Waals surface area (Å²) < 4.78 is 5.20. The molecule has 1 atom stereocenters. The van der Waals surface area contributed by atoms with Gasteiger partial charge < -0.3 is 4.74 Å². The fourth-order valence-corrected chi connectivity index (χ4v) is 1.71. The van der Waals surface area contributed by atoms with Crippen LogP contribution in [0.4, 0.5) is 0 Å². The normalized spacial score (nSPS) is 23.3. The van der Waals surface area contributed by atoms with Crippen molar-refractivity contribution in [3.63, 3.8) is 0 Å². The zero-order chi connectivity index (χ0) is 11.0. The van der Waals surface area contributed by atoms with Gasteiger partial charge in [-0.15, -0.1) is 17.5 Å². The predicted octanol–water partition coefficient (Wildman–Crippen LogP) is 3.75. The molecule has 1 saturated heterocycles. The number of unbranched alkanes of at least 4 members (excludes halogenated alkanes) is 6. The molecule has 1 aliphatic rings. The lowest BCUT2D eigenvalue weighted by atomic mass is 10.1. The van der Waals surface area contributed by atoms with Crippen LogP contribution in [-0.4, -0.2) is 18.1 Å². The van der Waals surface area contributed by atoms with Gasteiger partial charge in [0, 0.05) is 6.42 Å². The second kappa shape index (κ2) is 7.14. The smallest absolute Gasteiger partial charge is 0.165 e. The first-order valence-electron chi connectivity index (χ1n) is 6.03. The van der Waals surface area contributed by atoms with Crippen LogP contribution in [0.15, 0.2) is 0 Å². The third-order valence-electron chi connectivity index (χ3n) is 2.68. The minimum absolute atomic E-state index is 0.260. The van der Waals surface area contributed by atoms with Crippen LogP contribution in [0, 0.1) is 11.8 Å². The van der Waals surface area contributed by atoms with Crippen molar-refractivity contribution < 1.29 is 4.74 Å². The van der Waals surface area contributed by atoms with Crippen LogP contribution in [-0.2, 0) is 4.74 Å². The Labute approximate surface area is 98.5 Å². The van der Waals surface area contributed by atoms with E-state index in [2.05, 4.69) is 18.8 Å². The van der Waals surface area contributed by atoms with E-state index >= 15 is 0 Å². The van der Waals surface area contributed by atoms with Crippen molar-refractivity contribution in [2.24, 2.45) is 0 Å². The van der Waals surface area contributed by atoms with Crippen molar-refractivity contribution in [2.45, 2.75) is 57.5 Å². The average Bonchev–Trinajstić information content (AvgIpc) is 3.03. The molecule has 0 saturated carbocycles. The highest BCUT2D eigenvalue weighted by Gasteiger charge is 2.42. The Morgan fingerprint density at radius 1 is 1.20 bits per heavy atom. The van der Waals surface area contributed by atoms with E-state index in [0.717, 1.165) is 13.0 Å². The van der Waals surface area contributed by atoms with Crippen LogP contribution in [0.5, 0.6) is 0 Å². The van der Waals surface area contributed by atoms with Gasteiger partial charge in [-0.2, -0.15) is 0 Å². The van der Waals surface area contributed by atoms with Gasteiger partial charge in [0.05, 0.1) is 12.5 Å². The fourth-order valence-electron chi connectivity index (χ4n) is 1.49. The van der Waals surface area contributed by atoms with Gasteiger partial charge in [0.25, 0.3) is 0 Å². The molecule has 1 nitrogen and oxygen atoms in total. The maximum Gasteiger partial charge on any atom is 0.165 e. The molecule has 0 N–H and O–H groups in total. The first-order valence-corrected chi connectivity index (χ1v) is 6.56. The standard InChI is InChI=1S/C13H21ClO/c1-2-3-4-5-6-7-8-9-10-13(11-14)12-15-13/h2-8,11-12H2,1H3. The molecule has 0 bridgehead atoms. The van der Waals surface area contributed by atoms with Crippen LogP contribution in [0.3, 0.4) is 0 Å². The summed E-state index contributed by atoms with van der Waals surface area (Å²) >= 11 is 5.73. The summed E-state index contributed by atoms with van der Waals surface area (Å²) in [6.45, 7) is 2.96. The maximum atomic E-state index is 5.73. The molecule has 15 heavy (non-hydrogen) atoms. The van der Waals surface area contributed by atoms with Crippen molar-refractivity contribution >= 4 is 11.6 Å². The molecule has 1 unspecified atom stereocenters. The Bertz CT molecular complexity index is 222. The van der Waals surface area contributed by atoms with E-state index < -0.39 is 0 Å². The van der Waals surface area contributed by atoms with Gasteiger partial charge in [-0.3, -0.25) is 0 Å². The molecule has 2 heteroatoms. The lowest BCUT2D eigenvalue weighted by molar-refractivity contribution is 0.380. The number of ether oxygens (including phenoxy) is 1. The molecule has 0 radical (unpaired) electrons. The fraction of sp³-hybridized carbons (Fsp3) is 0.846. The predicted molar refractivity (Wildman–Crippen MR) is 65.2 cm³/mol. The first kappa shape index (κ1) is 12.9. The molecular weight excluding hydrogens is 208 g/mol. The lowest BCUT2D eigenvalue weighted by Gasteiger charge is -1.97. The van der Waals surface area contributed by atoms with Gasteiger partial charge >= 0.3 is 0 Å². The quantitative estimate of drug-likeness (QED) is 0.280. The molecule has 0 aromatic heterocycles. The minimum atomic E-state index is -0.260. The van der Waals surface area contributed by atoms with E-state index in [1.807, 2.05) is 0 Å². The van der Waals surface area contributed by atoms with Gasteiger partial charge in [0.2, 0.25) is 0 Å². The zero-order valence-corrected chi connectivity index (χ0v) is 10.4. The van der Waals surface area contributed by atoms with Crippen molar-refractivity contribution in [2.75, 3.05) is 12.5 Å². The number of alkyl halides is 1. The van der Waals surface area contributed by atoms with Gasteiger partial charge in [0.15, 0.2) is 5.60 Å². The molecule has 1 rings (SSSR count). The average molecular weight is 229 g/mol. The van der Waals surface area contributed by atoms with Crippen LogP contribution in [0.25, 0.3) is 0 Å². The summed E-state index contributed by atoms with van der Waals surface area (Å²) in [6, 6.07) is 0. The number of hydrogen-bond acceptors (Lipinski definition) is 1. The molecule has 1 heterocycles. The summed E-state index contributed by atoms with van der Waals surface area (Å²) in [6.07, 6.45) is 8.93. The molecule has 1 aliphatic heterocycles. The number of hydrogen-bond donors (Lipinski definition) is 0. The summed E-state index contributed by atoms with van der Waals surface area (Å²) in [4.78, 5) is 0. The van der Waals surface area contributed by atoms with E-state index in [4.69, 9.17) is 16.3 Å². The van der Waals surface area contributed by atoms with Crippen LogP contribution in [0.2, 0.25) is 0 Å². The van der Waals surface area contributed by atoms with E-state index in [-0.39, 0.29) is 5.60 Å². The molecule has 0 aromatic rings. The Hall–Kier alpha value is -0.190. The van der Waals surface area contributed by atoms with Gasteiger partial charge in [0.1, 0.15) is 0 Å². The van der Waals surface area contributed by atoms with Crippen LogP contribution < -0.4 is 0 Å². The summed E-state index contributed by atoms with van der Waals surface area (Å²) in [7, 11) is 0. The summed E-state index contributed by atoms with van der Waals surface area (Å²) in [5.74, 6) is 6.80. The van der Waals surface area contributed by atoms with Gasteiger partial charge in [-0.25, -0.2) is 0 Å². The van der Waals surface area contributed by atoms with Crippen LogP contribution in [0.1, 0.15) is 51.9 Å². The number of rotatable bonds is 7. The highest BCUT2D eigenvalue weighted by atomic mass is 35.5. The first-order chi connectivity index (χ1) is 7.33. The third kappa shape index (κ3) is 5.44. The van der Waals surface area contributed by atoms with E-state index in [9.17, 15) is 0 Å². The largest absolute Gasteiger partial charge is 0.355 e. The number of halogens is 1. The SMILES string of the molecule is CCCCCCCCC#CC1(CCl)CO1. The van der Waals surface area contributed by atoms with E-state index in [1.54, 1.807) is 0 Å². The summed E-state index contributed by atoms with van der Waals surface area (Å²) in [5.41, 5.74) is -0.260. The highest BCUT2D eigenvalue weighted by Crippen LogP contribution is 2.27. The van der Waals surface area contributed by atoms with Crippen LogP contribution >= 0.6 is 11.6 Å². The van der Waals surface area contributed by atoms with Gasteiger partial charge in [-0.1, -0.05) is 44.9 Å². The van der Waals surface area contributed by atoms with E-state index in [0.29, 0.717) is 5.88 Å². The Morgan fingerprint density at radius 2 is 1.87 bits per heavy atom. The van der Waals surface area contributed by atoms with Crippen molar-refractivity contribution in [1.82, 2.24) is 0 Å². The molecular formula is C13H21ClO. The Morgan fingerprint density at radius 3 is 2.47 bits per heavy atom. The molecule has 0 amide bonds. The Balaban J connectivity index is 1.92. The topological polar surface area (TPSA) is 12.5 Å². The van der Waals surface area contributed by atoms with Crippen molar-refractivity contribution in [3.8, 4) is 11.8 Å². The minimum Gasteiger partial charge on any atom is -0.355 e. The van der Waals surface area contributed by atoms with Crippen molar-refractivity contribution in [3.05, 3.63) is 0 Å². The maximum absolute atomic E-state index is 5.73. The number of epoxide rings is 1. The molecule has 0 aromatic carbocycles. The van der Waals surface area contributed by atoms with Gasteiger partial charge in [-0.05, 0) is 6.42 Å². The monoisotopic (exact) mass is 228 g/mol. The second-order valence-corrected chi connectivity index (χ2v) is 4.50. The molecule has 0 spiro atoms. The second-order valence-electron chi connectivity index (χ2n) is 4.24. The highest BCUT2D eigenvalue weighted by molar-refractivity contribution is 6.19. The zero-order valence-electron chi connectivity index (χ0n) is 9.65. The summed E-state index contributed by atoms with van der Waals surface area (Å²) in [5, 5.41) is 0. The molecule has 86 valence electrons. The third-order valence-corrected chi connectivity index (χ3v) is 3.11. The van der Waals surface area contributed by atoms with Crippen molar-refractivity contribution in [1.29, 1.82) is 0 Å². The lowest BCUT2D eigenvalue weighted by Crippen LogP contribution is -2.08. The molecule has 1 fully saturated rings.